The van der Waals surface area contributed by atoms with Gasteiger partial charge in [-0.3, -0.25) is 9.42 Å². The second-order valence-corrected chi connectivity index (χ2v) is 9.58. The lowest BCUT2D eigenvalue weighted by Gasteiger charge is -2.36. The Balaban J connectivity index is 1.55. The van der Waals surface area contributed by atoms with Crippen molar-refractivity contribution < 1.29 is 33.7 Å². The Kier molecular flexibility index (Phi) is 7.11. The number of aromatic nitrogens is 2. The first kappa shape index (κ1) is 26.0. The SMILES string of the molecule is Cc1c(C)c2c(c(C)c1O)CCC(C)(C(=O)OC(C(=O)NCCc1ccccc1)c1no[n+]([O-])c1C)O2. The fourth-order valence-corrected chi connectivity index (χ4v) is 4.46. The molecule has 4 rings (SSSR count). The highest BCUT2D eigenvalue weighted by atomic mass is 16.8. The summed E-state index contributed by atoms with van der Waals surface area (Å²) in [6.45, 7) is 8.72. The third-order valence-corrected chi connectivity index (χ3v) is 7.08. The molecule has 0 fully saturated rings. The molecule has 37 heavy (non-hydrogen) atoms. The summed E-state index contributed by atoms with van der Waals surface area (Å²) < 4.78 is 16.5. The van der Waals surface area contributed by atoms with Crippen molar-refractivity contribution in [2.45, 2.75) is 65.6 Å². The van der Waals surface area contributed by atoms with Crippen LogP contribution >= 0.6 is 0 Å². The number of ether oxygens (including phenoxy) is 2. The van der Waals surface area contributed by atoms with Gasteiger partial charge < -0.3 is 25.1 Å². The van der Waals surface area contributed by atoms with E-state index in [1.165, 1.54) is 6.92 Å². The minimum atomic E-state index is -1.51. The van der Waals surface area contributed by atoms with Gasteiger partial charge in [-0.1, -0.05) is 30.3 Å². The van der Waals surface area contributed by atoms with Crippen molar-refractivity contribution in [2.75, 3.05) is 6.54 Å². The molecule has 1 aromatic heterocycles. The molecule has 2 aromatic carbocycles. The zero-order chi connectivity index (χ0) is 26.9. The van der Waals surface area contributed by atoms with Gasteiger partial charge in [0.2, 0.25) is 5.60 Å². The standard InChI is InChI=1S/C27H31N3O7/c1-15-16(2)23-20(17(3)22(15)31)11-13-27(5,36-23)26(33)35-24(21-18(4)30(34)37-29-21)25(32)28-14-12-19-9-7-6-8-10-19/h6-10,24,31H,11-14H2,1-5H3,(H,28,32). The van der Waals surface area contributed by atoms with Crippen LogP contribution in [0.2, 0.25) is 0 Å². The number of fused-ring (bicyclic) bond motifs is 1. The van der Waals surface area contributed by atoms with E-state index in [0.29, 0.717) is 29.7 Å². The lowest BCUT2D eigenvalue weighted by molar-refractivity contribution is -0.807. The summed E-state index contributed by atoms with van der Waals surface area (Å²) in [5, 5.41) is 28.7. The molecule has 2 N–H and O–H groups in total. The van der Waals surface area contributed by atoms with Gasteiger partial charge in [0, 0.05) is 30.6 Å². The number of nitrogens with zero attached hydrogens (tertiary/aromatic N) is 2. The van der Waals surface area contributed by atoms with Crippen molar-refractivity contribution >= 4 is 11.9 Å². The topological polar surface area (TPSA) is 138 Å². The smallest absolute Gasteiger partial charge is 0.351 e. The monoisotopic (exact) mass is 509 g/mol. The van der Waals surface area contributed by atoms with Gasteiger partial charge in [0.1, 0.15) is 11.5 Å². The molecule has 2 atom stereocenters. The van der Waals surface area contributed by atoms with Crippen LogP contribution in [0.1, 0.15) is 58.7 Å². The molecular weight excluding hydrogens is 478 g/mol. The summed E-state index contributed by atoms with van der Waals surface area (Å²) in [6.07, 6.45) is -0.203. The van der Waals surface area contributed by atoms with Gasteiger partial charge in [-0.15, -0.1) is 0 Å². The van der Waals surface area contributed by atoms with Gasteiger partial charge in [-0.2, -0.15) is 0 Å². The van der Waals surface area contributed by atoms with Crippen LogP contribution in [0.5, 0.6) is 11.5 Å². The number of carbonyl (C=O) groups excluding carboxylic acids is 2. The van der Waals surface area contributed by atoms with Crippen molar-refractivity contribution in [1.29, 1.82) is 0 Å². The van der Waals surface area contributed by atoms with Crippen LogP contribution in [-0.4, -0.2) is 34.3 Å². The van der Waals surface area contributed by atoms with Gasteiger partial charge in [-0.05, 0) is 67.7 Å². The van der Waals surface area contributed by atoms with E-state index in [-0.39, 0.29) is 35.0 Å². The van der Waals surface area contributed by atoms with Gasteiger partial charge in [0.15, 0.2) is 5.69 Å². The number of phenols is 1. The number of benzene rings is 2. The molecule has 3 aromatic rings. The second kappa shape index (κ2) is 10.1. The molecule has 2 unspecified atom stereocenters. The fraction of sp³-hybridized carbons (Fsp3) is 0.407. The summed E-state index contributed by atoms with van der Waals surface area (Å²) >= 11 is 0. The zero-order valence-electron chi connectivity index (χ0n) is 21.6. The number of esters is 1. The predicted octanol–water partition coefficient (Wildman–Crippen LogP) is 2.97. The Morgan fingerprint density at radius 3 is 2.54 bits per heavy atom. The van der Waals surface area contributed by atoms with Crippen LogP contribution < -0.4 is 15.0 Å². The van der Waals surface area contributed by atoms with Gasteiger partial charge in [0.05, 0.1) is 0 Å². The summed E-state index contributed by atoms with van der Waals surface area (Å²) in [4.78, 5) is 26.8. The number of rotatable bonds is 7. The Morgan fingerprint density at radius 1 is 1.19 bits per heavy atom. The zero-order valence-corrected chi connectivity index (χ0v) is 21.6. The minimum absolute atomic E-state index is 0.00800. The van der Waals surface area contributed by atoms with E-state index >= 15 is 0 Å². The first-order valence-electron chi connectivity index (χ1n) is 12.1. The molecule has 0 spiro atoms. The average Bonchev–Trinajstić information content (AvgIpc) is 3.22. The average molecular weight is 510 g/mol. The highest BCUT2D eigenvalue weighted by molar-refractivity contribution is 5.87. The third kappa shape index (κ3) is 4.96. The van der Waals surface area contributed by atoms with E-state index in [1.807, 2.05) is 44.2 Å². The molecule has 0 saturated heterocycles. The number of nitrogens with one attached hydrogen (secondary N) is 1. The third-order valence-electron chi connectivity index (χ3n) is 7.08. The molecule has 10 nitrogen and oxygen atoms in total. The molecule has 1 aliphatic heterocycles. The maximum Gasteiger partial charge on any atom is 0.351 e. The molecule has 0 saturated carbocycles. The summed E-state index contributed by atoms with van der Waals surface area (Å²) in [6, 6.07) is 9.60. The van der Waals surface area contributed by atoms with Crippen molar-refractivity contribution in [3.8, 4) is 11.5 Å². The predicted molar refractivity (Wildman–Crippen MR) is 132 cm³/mol. The van der Waals surface area contributed by atoms with Crippen molar-refractivity contribution in [2.24, 2.45) is 0 Å². The quantitative estimate of drug-likeness (QED) is 0.366. The molecule has 0 aliphatic carbocycles. The lowest BCUT2D eigenvalue weighted by atomic mass is 9.87. The molecule has 1 aliphatic rings. The van der Waals surface area contributed by atoms with E-state index < -0.39 is 23.6 Å². The molecule has 2 heterocycles. The van der Waals surface area contributed by atoms with Gasteiger partial charge in [-0.25, -0.2) is 4.79 Å². The maximum absolute atomic E-state index is 13.5. The van der Waals surface area contributed by atoms with Gasteiger partial charge >= 0.3 is 5.97 Å². The Morgan fingerprint density at radius 2 is 1.89 bits per heavy atom. The Bertz CT molecular complexity index is 1340. The summed E-state index contributed by atoms with van der Waals surface area (Å²) in [7, 11) is 0. The molecule has 1 amide bonds. The van der Waals surface area contributed by atoms with E-state index in [9.17, 15) is 19.9 Å². The first-order valence-corrected chi connectivity index (χ1v) is 12.1. The molecule has 10 heteroatoms. The van der Waals surface area contributed by atoms with Crippen LogP contribution in [0, 0.1) is 32.9 Å². The highest BCUT2D eigenvalue weighted by Gasteiger charge is 2.46. The van der Waals surface area contributed by atoms with Crippen molar-refractivity contribution in [3.05, 3.63) is 74.7 Å². The van der Waals surface area contributed by atoms with Crippen LogP contribution in [0.3, 0.4) is 0 Å². The number of hydrogen-bond donors (Lipinski definition) is 2. The molecular formula is C27H31N3O7. The Labute approximate surface area is 214 Å². The number of phenolic OH excluding ortho intramolecular Hbond substituents is 1. The second-order valence-electron chi connectivity index (χ2n) is 9.58. The maximum atomic E-state index is 13.5. The summed E-state index contributed by atoms with van der Waals surface area (Å²) in [5.41, 5.74) is 2.49. The Hall–Kier alpha value is -4.08. The van der Waals surface area contributed by atoms with Crippen LogP contribution in [0.25, 0.3) is 0 Å². The van der Waals surface area contributed by atoms with Crippen molar-refractivity contribution in [3.63, 3.8) is 0 Å². The van der Waals surface area contributed by atoms with E-state index in [0.717, 1.165) is 16.7 Å². The number of amides is 1. The summed E-state index contributed by atoms with van der Waals surface area (Å²) in [5.74, 6) is -0.666. The van der Waals surface area contributed by atoms with Crippen LogP contribution in [0.4, 0.5) is 0 Å². The minimum Gasteiger partial charge on any atom is -0.507 e. The van der Waals surface area contributed by atoms with Gasteiger partial charge in [0.25, 0.3) is 17.7 Å². The number of carbonyl (C=O) groups is 2. The van der Waals surface area contributed by atoms with E-state index in [4.69, 9.17) is 9.47 Å². The molecule has 0 bridgehead atoms. The van der Waals surface area contributed by atoms with E-state index in [2.05, 4.69) is 15.1 Å². The largest absolute Gasteiger partial charge is 0.507 e. The van der Waals surface area contributed by atoms with Crippen molar-refractivity contribution in [1.82, 2.24) is 10.5 Å². The number of aromatic hydroxyl groups is 1. The van der Waals surface area contributed by atoms with E-state index in [1.54, 1.807) is 13.8 Å². The van der Waals surface area contributed by atoms with Crippen LogP contribution in [0.15, 0.2) is 35.0 Å². The normalized spacial score (nSPS) is 17.4. The molecule has 196 valence electrons. The number of hydrogen-bond acceptors (Lipinski definition) is 8. The highest BCUT2D eigenvalue weighted by Crippen LogP contribution is 2.43. The first-order chi connectivity index (χ1) is 17.5. The fourth-order valence-electron chi connectivity index (χ4n) is 4.46. The van der Waals surface area contributed by atoms with Crippen LogP contribution in [-0.2, 0) is 27.2 Å². The molecule has 0 radical (unpaired) electrons. The lowest BCUT2D eigenvalue weighted by Crippen LogP contribution is -2.47.